The maximum Gasteiger partial charge on any atom is 0.337 e. The maximum atomic E-state index is 12.3. The molecule has 21 heavy (non-hydrogen) atoms. The molecule has 3 rings (SSSR count). The van der Waals surface area contributed by atoms with Crippen LogP contribution in [0, 0.1) is 0 Å². The minimum absolute atomic E-state index is 0.0694. The predicted molar refractivity (Wildman–Crippen MR) is 75.5 cm³/mol. The van der Waals surface area contributed by atoms with Gasteiger partial charge in [-0.05, 0) is 24.3 Å². The molecule has 0 aromatic heterocycles. The number of rotatable bonds is 2. The Bertz CT molecular complexity index is 768. The zero-order chi connectivity index (χ0) is 15.0. The van der Waals surface area contributed by atoms with Crippen molar-refractivity contribution in [2.45, 2.75) is 0 Å². The second-order valence-electron chi connectivity index (χ2n) is 4.42. The number of para-hydroxylation sites is 2. The van der Waals surface area contributed by atoms with Crippen molar-refractivity contribution in [1.29, 1.82) is 0 Å². The summed E-state index contributed by atoms with van der Waals surface area (Å²) in [5.41, 5.74) is 0.534. The first-order valence-electron chi connectivity index (χ1n) is 6.13. The Balaban J connectivity index is 2.07. The van der Waals surface area contributed by atoms with E-state index in [9.17, 15) is 14.8 Å². The summed E-state index contributed by atoms with van der Waals surface area (Å²) in [5, 5.41) is 19.9. The SMILES string of the molecule is O=C(O)c1cccc2c1N=C(N(O)c1ccccc1)C2=O. The molecular weight excluding hydrogens is 272 g/mol. The number of hydrogen-bond donors (Lipinski definition) is 2. The summed E-state index contributed by atoms with van der Waals surface area (Å²) >= 11 is 0. The van der Waals surface area contributed by atoms with E-state index in [1.54, 1.807) is 30.3 Å². The van der Waals surface area contributed by atoms with Crippen LogP contribution in [0.1, 0.15) is 20.7 Å². The number of carbonyl (C=O) groups excluding carboxylic acids is 1. The molecule has 2 aromatic carbocycles. The highest BCUT2D eigenvalue weighted by molar-refractivity contribution is 6.52. The standard InChI is InChI=1S/C15H10N2O4/c18-13-10-7-4-8-11(15(19)20)12(10)16-14(13)17(21)9-5-2-1-3-6-9/h1-8,21H,(H,19,20). The normalized spacial score (nSPS) is 12.8. The lowest BCUT2D eigenvalue weighted by Gasteiger charge is -2.14. The Morgan fingerprint density at radius 1 is 1.05 bits per heavy atom. The Kier molecular flexibility index (Phi) is 3.00. The molecule has 0 unspecified atom stereocenters. The molecule has 0 aliphatic carbocycles. The molecule has 0 atom stereocenters. The number of carbonyl (C=O) groups is 2. The minimum atomic E-state index is -1.17. The van der Waals surface area contributed by atoms with E-state index in [4.69, 9.17) is 5.11 Å². The first-order valence-corrected chi connectivity index (χ1v) is 6.13. The van der Waals surface area contributed by atoms with E-state index in [1.165, 1.54) is 18.2 Å². The number of nitrogens with zero attached hydrogens (tertiary/aromatic N) is 2. The van der Waals surface area contributed by atoms with E-state index in [0.717, 1.165) is 0 Å². The number of fused-ring (bicyclic) bond motifs is 1. The molecule has 0 saturated carbocycles. The molecule has 6 heteroatoms. The molecule has 0 radical (unpaired) electrons. The van der Waals surface area contributed by atoms with E-state index in [-0.39, 0.29) is 22.6 Å². The number of carboxylic acid groups (broad SMARTS) is 1. The fourth-order valence-electron chi connectivity index (χ4n) is 2.13. The molecule has 0 saturated heterocycles. The van der Waals surface area contributed by atoms with Crippen LogP contribution in [0.25, 0.3) is 0 Å². The van der Waals surface area contributed by atoms with Crippen LogP contribution in [0.15, 0.2) is 53.5 Å². The number of carboxylic acids is 1. The van der Waals surface area contributed by atoms with Crippen molar-refractivity contribution in [3.05, 3.63) is 59.7 Å². The van der Waals surface area contributed by atoms with Crippen LogP contribution in [0.4, 0.5) is 11.4 Å². The lowest BCUT2D eigenvalue weighted by Crippen LogP contribution is -2.31. The van der Waals surface area contributed by atoms with Gasteiger partial charge in [0.15, 0.2) is 0 Å². The largest absolute Gasteiger partial charge is 0.478 e. The van der Waals surface area contributed by atoms with Gasteiger partial charge in [-0.25, -0.2) is 14.9 Å². The zero-order valence-electron chi connectivity index (χ0n) is 10.7. The van der Waals surface area contributed by atoms with Gasteiger partial charge in [0.05, 0.1) is 22.5 Å². The number of hydroxylamine groups is 1. The second kappa shape index (κ2) is 4.84. The lowest BCUT2D eigenvalue weighted by molar-refractivity contribution is 0.0698. The van der Waals surface area contributed by atoms with Crippen LogP contribution in [-0.2, 0) is 0 Å². The Morgan fingerprint density at radius 3 is 2.43 bits per heavy atom. The van der Waals surface area contributed by atoms with Crippen LogP contribution in [0.2, 0.25) is 0 Å². The predicted octanol–water partition coefficient (Wildman–Crippen LogP) is 2.51. The highest BCUT2D eigenvalue weighted by atomic mass is 16.5. The smallest absolute Gasteiger partial charge is 0.337 e. The van der Waals surface area contributed by atoms with Gasteiger partial charge >= 0.3 is 5.97 Å². The molecule has 2 aromatic rings. The van der Waals surface area contributed by atoms with Crippen molar-refractivity contribution in [1.82, 2.24) is 0 Å². The van der Waals surface area contributed by atoms with Gasteiger partial charge in [-0.1, -0.05) is 24.3 Å². The molecule has 104 valence electrons. The van der Waals surface area contributed by atoms with Gasteiger partial charge in [-0.3, -0.25) is 10.0 Å². The zero-order valence-corrected chi connectivity index (χ0v) is 10.7. The molecule has 1 heterocycles. The van der Waals surface area contributed by atoms with Crippen LogP contribution >= 0.6 is 0 Å². The number of anilines is 1. The topological polar surface area (TPSA) is 90.2 Å². The number of Topliss-reactive ketones (excluding diaryl/α,β-unsaturated/α-hetero) is 1. The van der Waals surface area contributed by atoms with Gasteiger partial charge in [0.2, 0.25) is 11.6 Å². The summed E-state index contributed by atoms with van der Waals surface area (Å²) in [6, 6.07) is 12.7. The fourth-order valence-corrected chi connectivity index (χ4v) is 2.13. The quantitative estimate of drug-likeness (QED) is 0.826. The van der Waals surface area contributed by atoms with Crippen LogP contribution in [0.3, 0.4) is 0 Å². The van der Waals surface area contributed by atoms with Crippen molar-refractivity contribution in [3.63, 3.8) is 0 Å². The Labute approximate surface area is 119 Å². The summed E-state index contributed by atoms with van der Waals surface area (Å²) in [6.45, 7) is 0. The number of benzene rings is 2. The van der Waals surface area contributed by atoms with Gasteiger partial charge in [0.25, 0.3) is 0 Å². The van der Waals surface area contributed by atoms with Crippen molar-refractivity contribution < 1.29 is 19.9 Å². The highest BCUT2D eigenvalue weighted by Gasteiger charge is 2.32. The van der Waals surface area contributed by atoms with Crippen LogP contribution in [0.5, 0.6) is 0 Å². The summed E-state index contributed by atoms with van der Waals surface area (Å²) in [7, 11) is 0. The van der Waals surface area contributed by atoms with Crippen molar-refractivity contribution in [3.8, 4) is 0 Å². The highest BCUT2D eigenvalue weighted by Crippen LogP contribution is 2.32. The number of aromatic carboxylic acids is 1. The summed E-state index contributed by atoms with van der Waals surface area (Å²) in [6.07, 6.45) is 0. The third-order valence-electron chi connectivity index (χ3n) is 3.13. The number of amidine groups is 1. The third-order valence-corrected chi connectivity index (χ3v) is 3.13. The maximum absolute atomic E-state index is 12.3. The summed E-state index contributed by atoms with van der Waals surface area (Å²) in [4.78, 5) is 27.4. The molecule has 0 bridgehead atoms. The summed E-state index contributed by atoms with van der Waals surface area (Å²) in [5.74, 6) is -1.90. The summed E-state index contributed by atoms with van der Waals surface area (Å²) < 4.78 is 0. The van der Waals surface area contributed by atoms with Gasteiger partial charge in [-0.15, -0.1) is 0 Å². The Morgan fingerprint density at radius 2 is 1.76 bits per heavy atom. The van der Waals surface area contributed by atoms with Crippen molar-refractivity contribution >= 4 is 29.0 Å². The van der Waals surface area contributed by atoms with Crippen molar-refractivity contribution in [2.24, 2.45) is 4.99 Å². The first-order chi connectivity index (χ1) is 10.1. The molecule has 1 aliphatic heterocycles. The van der Waals surface area contributed by atoms with Gasteiger partial charge in [-0.2, -0.15) is 0 Å². The average molecular weight is 282 g/mol. The van der Waals surface area contributed by atoms with Gasteiger partial charge in [0, 0.05) is 0 Å². The van der Waals surface area contributed by atoms with Gasteiger partial charge < -0.3 is 5.11 Å². The van der Waals surface area contributed by atoms with E-state index in [2.05, 4.69) is 4.99 Å². The first kappa shape index (κ1) is 13.0. The number of aliphatic imine (C=N–C) groups is 1. The van der Waals surface area contributed by atoms with E-state index in [1.807, 2.05) is 0 Å². The van der Waals surface area contributed by atoms with E-state index < -0.39 is 11.8 Å². The van der Waals surface area contributed by atoms with Gasteiger partial charge in [0.1, 0.15) is 0 Å². The number of ketones is 1. The monoisotopic (exact) mass is 282 g/mol. The molecule has 0 spiro atoms. The third kappa shape index (κ3) is 2.07. The van der Waals surface area contributed by atoms with E-state index >= 15 is 0 Å². The molecule has 6 nitrogen and oxygen atoms in total. The van der Waals surface area contributed by atoms with Crippen LogP contribution < -0.4 is 5.06 Å². The molecule has 2 N–H and O–H groups in total. The fraction of sp³-hybridized carbons (Fsp3) is 0. The molecule has 0 fully saturated rings. The van der Waals surface area contributed by atoms with Crippen molar-refractivity contribution in [2.75, 3.05) is 5.06 Å². The van der Waals surface area contributed by atoms with E-state index in [0.29, 0.717) is 10.8 Å². The number of hydrogen-bond acceptors (Lipinski definition) is 5. The lowest BCUT2D eigenvalue weighted by atomic mass is 10.1. The molecule has 0 amide bonds. The van der Waals surface area contributed by atoms with Crippen LogP contribution in [-0.4, -0.2) is 27.9 Å². The second-order valence-corrected chi connectivity index (χ2v) is 4.42. The minimum Gasteiger partial charge on any atom is -0.478 e. The molecule has 1 aliphatic rings. The Hall–Kier alpha value is -2.99. The molecular formula is C15H10N2O4. The average Bonchev–Trinajstić information content (AvgIpc) is 2.84.